The van der Waals surface area contributed by atoms with Gasteiger partial charge in [-0.25, -0.2) is 13.2 Å². The third kappa shape index (κ3) is 5.81. The van der Waals surface area contributed by atoms with Crippen LogP contribution in [0, 0.1) is 11.7 Å². The molecule has 0 aliphatic carbocycles. The number of hydrogen-bond donors (Lipinski definition) is 0. The van der Waals surface area contributed by atoms with E-state index in [2.05, 4.69) is 32.6 Å². The lowest BCUT2D eigenvalue weighted by molar-refractivity contribution is -0.112. The Labute approximate surface area is 182 Å². The monoisotopic (exact) mass is 425 g/mol. The minimum absolute atomic E-state index is 0.0756. The predicted octanol–water partition coefficient (Wildman–Crippen LogP) is 8.28. The van der Waals surface area contributed by atoms with E-state index in [0.717, 1.165) is 6.42 Å². The molecular formula is C26H42F3N. The highest BCUT2D eigenvalue weighted by molar-refractivity contribution is 5.32. The van der Waals surface area contributed by atoms with Gasteiger partial charge in [0, 0.05) is 24.0 Å². The van der Waals surface area contributed by atoms with Crippen molar-refractivity contribution in [2.45, 2.75) is 123 Å². The zero-order chi connectivity index (χ0) is 22.5. The summed E-state index contributed by atoms with van der Waals surface area (Å²) in [6.07, 6.45) is 8.19. The number of halogens is 3. The third-order valence-corrected chi connectivity index (χ3v) is 7.03. The molecule has 0 bridgehead atoms. The van der Waals surface area contributed by atoms with Crippen molar-refractivity contribution >= 4 is 0 Å². The number of hydrogen-bond acceptors (Lipinski definition) is 1. The van der Waals surface area contributed by atoms with Gasteiger partial charge in [0.15, 0.2) is 0 Å². The van der Waals surface area contributed by atoms with Crippen molar-refractivity contribution in [1.29, 1.82) is 0 Å². The van der Waals surface area contributed by atoms with Gasteiger partial charge in [-0.2, -0.15) is 0 Å². The number of piperidine rings is 1. The van der Waals surface area contributed by atoms with Crippen molar-refractivity contribution in [2.75, 3.05) is 0 Å². The Morgan fingerprint density at radius 1 is 1.00 bits per heavy atom. The summed E-state index contributed by atoms with van der Waals surface area (Å²) in [6, 6.07) is 5.02. The van der Waals surface area contributed by atoms with Crippen LogP contribution < -0.4 is 0 Å². The molecule has 172 valence electrons. The third-order valence-electron chi connectivity index (χ3n) is 7.03. The summed E-state index contributed by atoms with van der Waals surface area (Å²) < 4.78 is 45.9. The van der Waals surface area contributed by atoms with E-state index in [9.17, 15) is 4.39 Å². The van der Waals surface area contributed by atoms with E-state index < -0.39 is 23.2 Å². The van der Waals surface area contributed by atoms with Crippen LogP contribution in [0.3, 0.4) is 0 Å². The number of rotatable bonds is 10. The van der Waals surface area contributed by atoms with E-state index in [1.807, 2.05) is 13.8 Å². The highest BCUT2D eigenvalue weighted by Crippen LogP contribution is 2.46. The van der Waals surface area contributed by atoms with Crippen molar-refractivity contribution < 1.29 is 13.2 Å². The van der Waals surface area contributed by atoms with E-state index in [1.54, 1.807) is 12.1 Å². The molecule has 1 saturated heterocycles. The Balaban J connectivity index is 2.08. The van der Waals surface area contributed by atoms with Crippen molar-refractivity contribution in [1.82, 2.24) is 4.90 Å². The highest BCUT2D eigenvalue weighted by Gasteiger charge is 2.48. The fourth-order valence-corrected chi connectivity index (χ4v) is 5.43. The second-order valence-electron chi connectivity index (χ2n) is 9.85. The summed E-state index contributed by atoms with van der Waals surface area (Å²) in [6.45, 7) is 12.3. The molecule has 0 saturated carbocycles. The molecule has 3 unspecified atom stereocenters. The molecule has 4 heteroatoms. The molecule has 0 radical (unpaired) electrons. The summed E-state index contributed by atoms with van der Waals surface area (Å²) in [5, 5.41) is 0. The number of benzene rings is 1. The lowest BCUT2D eigenvalue weighted by Crippen LogP contribution is -2.53. The number of unbranched alkanes of at least 4 members (excludes halogenated alkanes) is 4. The Kier molecular flexibility index (Phi) is 9.27. The molecule has 1 heterocycles. The summed E-state index contributed by atoms with van der Waals surface area (Å²) >= 11 is 0. The van der Waals surface area contributed by atoms with Crippen LogP contribution in [-0.2, 0) is 5.92 Å². The van der Waals surface area contributed by atoms with Crippen LogP contribution >= 0.6 is 0 Å². The van der Waals surface area contributed by atoms with Gasteiger partial charge in [0.2, 0.25) is 0 Å². The molecule has 0 spiro atoms. The number of alkyl halides is 2. The maximum atomic E-state index is 15.5. The Morgan fingerprint density at radius 2 is 1.60 bits per heavy atom. The zero-order valence-electron chi connectivity index (χ0n) is 19.9. The fraction of sp³-hybridized carbons (Fsp3) is 0.769. The first-order chi connectivity index (χ1) is 14.1. The van der Waals surface area contributed by atoms with Gasteiger partial charge in [-0.1, -0.05) is 71.1 Å². The van der Waals surface area contributed by atoms with E-state index >= 15 is 8.78 Å². The van der Waals surface area contributed by atoms with Crippen molar-refractivity contribution in [3.8, 4) is 0 Å². The van der Waals surface area contributed by atoms with Crippen LogP contribution in [-0.4, -0.2) is 23.0 Å². The summed E-state index contributed by atoms with van der Waals surface area (Å²) in [5.74, 6) is -4.81. The normalized spacial score (nSPS) is 24.4. The van der Waals surface area contributed by atoms with Crippen molar-refractivity contribution in [2.24, 2.45) is 5.92 Å². The Bertz CT molecular complexity index is 646. The van der Waals surface area contributed by atoms with Crippen LogP contribution in [0.5, 0.6) is 0 Å². The van der Waals surface area contributed by atoms with Crippen molar-refractivity contribution in [3.63, 3.8) is 0 Å². The molecule has 1 fully saturated rings. The molecule has 30 heavy (non-hydrogen) atoms. The van der Waals surface area contributed by atoms with Crippen LogP contribution in [0.1, 0.15) is 110 Å². The number of likely N-dealkylation sites (tertiary alicyclic amines) is 1. The molecular weight excluding hydrogens is 383 g/mol. The molecule has 0 aromatic heterocycles. The summed E-state index contributed by atoms with van der Waals surface area (Å²) in [7, 11) is 0. The fourth-order valence-electron chi connectivity index (χ4n) is 5.43. The second kappa shape index (κ2) is 11.0. The maximum absolute atomic E-state index is 15.5. The van der Waals surface area contributed by atoms with Crippen LogP contribution in [0.25, 0.3) is 0 Å². The quantitative estimate of drug-likeness (QED) is 0.341. The van der Waals surface area contributed by atoms with Gasteiger partial charge in [0.25, 0.3) is 5.92 Å². The molecule has 2 rings (SSSR count). The predicted molar refractivity (Wildman–Crippen MR) is 121 cm³/mol. The smallest absolute Gasteiger partial charge is 0.278 e. The van der Waals surface area contributed by atoms with Crippen LogP contribution in [0.2, 0.25) is 0 Å². The average Bonchev–Trinajstić information content (AvgIpc) is 2.67. The second-order valence-corrected chi connectivity index (χ2v) is 9.85. The SMILES string of the molecule is CCCCCCCC(C)N1C(C)CC(C(F)(F)c2cccc(C(C)C)c2F)CC1C. The standard InChI is InChI=1S/C26H42F3N/c1-7-8-9-10-11-13-19(4)30-20(5)16-22(17-21(30)6)26(28,29)24-15-12-14-23(18(2)3)25(24)27/h12,14-15,18-22H,7-11,13,16-17H2,1-6H3. The van der Waals surface area contributed by atoms with Gasteiger partial charge in [0.05, 0.1) is 5.56 Å². The molecule has 0 N–H and O–H groups in total. The largest absolute Gasteiger partial charge is 0.295 e. The minimum atomic E-state index is -3.15. The van der Waals surface area contributed by atoms with Crippen molar-refractivity contribution in [3.05, 3.63) is 35.1 Å². The summed E-state index contributed by atoms with van der Waals surface area (Å²) in [5.41, 5.74) is -0.0436. The van der Waals surface area contributed by atoms with Gasteiger partial charge in [-0.3, -0.25) is 4.90 Å². The van der Waals surface area contributed by atoms with Crippen LogP contribution in [0.15, 0.2) is 18.2 Å². The maximum Gasteiger partial charge on any atom is 0.278 e. The van der Waals surface area contributed by atoms with Gasteiger partial charge in [-0.15, -0.1) is 0 Å². The van der Waals surface area contributed by atoms with Gasteiger partial charge < -0.3 is 0 Å². The lowest BCUT2D eigenvalue weighted by atomic mass is 9.79. The average molecular weight is 426 g/mol. The molecule has 1 nitrogen and oxygen atoms in total. The zero-order valence-corrected chi connectivity index (χ0v) is 19.9. The topological polar surface area (TPSA) is 3.24 Å². The van der Waals surface area contributed by atoms with E-state index in [1.165, 1.54) is 38.2 Å². The van der Waals surface area contributed by atoms with E-state index in [0.29, 0.717) is 24.4 Å². The van der Waals surface area contributed by atoms with Gasteiger partial charge in [0.1, 0.15) is 5.82 Å². The van der Waals surface area contributed by atoms with Gasteiger partial charge >= 0.3 is 0 Å². The highest BCUT2D eigenvalue weighted by atomic mass is 19.3. The Hall–Kier alpha value is -1.03. The molecule has 0 amide bonds. The minimum Gasteiger partial charge on any atom is -0.295 e. The molecule has 1 aliphatic rings. The van der Waals surface area contributed by atoms with Gasteiger partial charge in [-0.05, 0) is 51.5 Å². The van der Waals surface area contributed by atoms with Crippen LogP contribution in [0.4, 0.5) is 13.2 Å². The van der Waals surface area contributed by atoms with E-state index in [-0.39, 0.29) is 18.0 Å². The molecule has 3 atom stereocenters. The summed E-state index contributed by atoms with van der Waals surface area (Å²) in [4.78, 5) is 2.42. The molecule has 1 aromatic carbocycles. The lowest BCUT2D eigenvalue weighted by Gasteiger charge is -2.47. The van der Waals surface area contributed by atoms with E-state index in [4.69, 9.17) is 0 Å². The Morgan fingerprint density at radius 3 is 2.17 bits per heavy atom. The molecule has 1 aromatic rings. The first-order valence-electron chi connectivity index (χ1n) is 12.0. The first-order valence-corrected chi connectivity index (χ1v) is 12.0. The number of nitrogens with zero attached hydrogens (tertiary/aromatic N) is 1. The first kappa shape index (κ1) is 25.2. The molecule has 1 aliphatic heterocycles.